The lowest BCUT2D eigenvalue weighted by Gasteiger charge is -2.14. The molecule has 0 radical (unpaired) electrons. The van der Waals surface area contributed by atoms with Gasteiger partial charge in [-0.15, -0.1) is 10.2 Å². The summed E-state index contributed by atoms with van der Waals surface area (Å²) in [6, 6.07) is 23.6. The first-order valence-corrected chi connectivity index (χ1v) is 13.6. The first-order chi connectivity index (χ1) is 17.7. The summed E-state index contributed by atoms with van der Waals surface area (Å²) in [7, 11) is -3.91. The number of amides is 1. The molecule has 0 bridgehead atoms. The molecule has 0 aliphatic carbocycles. The van der Waals surface area contributed by atoms with Gasteiger partial charge >= 0.3 is 0 Å². The molecule has 1 unspecified atom stereocenters. The minimum Gasteiger partial charge on any atom is -0.325 e. The van der Waals surface area contributed by atoms with Gasteiger partial charge in [0.05, 0.1) is 21.4 Å². The van der Waals surface area contributed by atoms with E-state index in [0.29, 0.717) is 22.0 Å². The number of hydrogen-bond donors (Lipinski definition) is 2. The summed E-state index contributed by atoms with van der Waals surface area (Å²) < 4.78 is 27.5. The average Bonchev–Trinajstić information content (AvgIpc) is 2.90. The molecule has 9 nitrogen and oxygen atoms in total. The van der Waals surface area contributed by atoms with Crippen LogP contribution in [-0.2, 0) is 14.8 Å². The molecule has 2 aromatic carbocycles. The zero-order valence-electron chi connectivity index (χ0n) is 19.3. The standard InChI is InChI=1S/C25H19ClN6O3S2/c1-16(36-25-18(15-27)7-12-21(29-25)17-5-3-2-4-6-17)24(33)28-19-8-10-20(11-9-19)37(34,35)32-23-14-13-22(26)30-31-23/h2-14,16H,1H3,(H,28,33)(H,31,32). The monoisotopic (exact) mass is 550 g/mol. The van der Waals surface area contributed by atoms with Crippen LogP contribution in [0.15, 0.2) is 88.8 Å². The van der Waals surface area contributed by atoms with Gasteiger partial charge in [0, 0.05) is 11.3 Å². The number of hydrogen-bond acceptors (Lipinski definition) is 8. The highest BCUT2D eigenvalue weighted by molar-refractivity contribution is 8.00. The van der Waals surface area contributed by atoms with Crippen LogP contribution in [-0.4, -0.2) is 34.8 Å². The molecular weight excluding hydrogens is 532 g/mol. The van der Waals surface area contributed by atoms with E-state index in [2.05, 4.69) is 31.3 Å². The van der Waals surface area contributed by atoms with Crippen molar-refractivity contribution in [3.63, 3.8) is 0 Å². The number of carbonyl (C=O) groups is 1. The molecule has 0 aliphatic rings. The average molecular weight is 551 g/mol. The third kappa shape index (κ3) is 6.62. The van der Waals surface area contributed by atoms with Crippen molar-refractivity contribution in [2.75, 3.05) is 10.0 Å². The fourth-order valence-electron chi connectivity index (χ4n) is 3.13. The predicted molar refractivity (Wildman–Crippen MR) is 143 cm³/mol. The highest BCUT2D eigenvalue weighted by Crippen LogP contribution is 2.29. The Kier molecular flexibility index (Phi) is 8.03. The number of halogens is 1. The molecule has 0 saturated heterocycles. The Morgan fingerprint density at radius 3 is 2.38 bits per heavy atom. The number of nitrogens with zero attached hydrogens (tertiary/aromatic N) is 4. The summed E-state index contributed by atoms with van der Waals surface area (Å²) in [5, 5.41) is 19.5. The van der Waals surface area contributed by atoms with E-state index in [-0.39, 0.29) is 21.8 Å². The lowest BCUT2D eigenvalue weighted by atomic mass is 10.1. The zero-order chi connectivity index (χ0) is 26.4. The molecule has 12 heteroatoms. The number of rotatable bonds is 8. The van der Waals surface area contributed by atoms with Crippen LogP contribution in [0.1, 0.15) is 12.5 Å². The van der Waals surface area contributed by atoms with Crippen LogP contribution in [0.25, 0.3) is 11.3 Å². The number of anilines is 2. The maximum Gasteiger partial charge on any atom is 0.263 e. The van der Waals surface area contributed by atoms with Crippen molar-refractivity contribution in [1.82, 2.24) is 15.2 Å². The highest BCUT2D eigenvalue weighted by atomic mass is 35.5. The number of aromatic nitrogens is 3. The number of benzene rings is 2. The molecule has 0 fully saturated rings. The van der Waals surface area contributed by atoms with Gasteiger partial charge in [0.1, 0.15) is 11.1 Å². The molecule has 0 saturated carbocycles. The smallest absolute Gasteiger partial charge is 0.263 e. The predicted octanol–water partition coefficient (Wildman–Crippen LogP) is 4.98. The molecule has 0 aliphatic heterocycles. The SMILES string of the molecule is CC(Sc1nc(-c2ccccc2)ccc1C#N)C(=O)Nc1ccc(S(=O)(=O)Nc2ccc(Cl)nn2)cc1. The van der Waals surface area contributed by atoms with E-state index in [1.165, 1.54) is 48.2 Å². The number of pyridine rings is 1. The van der Waals surface area contributed by atoms with E-state index in [1.807, 2.05) is 30.3 Å². The van der Waals surface area contributed by atoms with Crippen LogP contribution < -0.4 is 10.0 Å². The fraction of sp³-hybridized carbons (Fsp3) is 0.0800. The minimum atomic E-state index is -3.91. The Labute approximate surface area is 223 Å². The number of sulfonamides is 1. The number of carbonyl (C=O) groups excluding carboxylic acids is 1. The quantitative estimate of drug-likeness (QED) is 0.293. The fourth-order valence-corrected chi connectivity index (χ4v) is 5.12. The molecule has 186 valence electrons. The summed E-state index contributed by atoms with van der Waals surface area (Å²) >= 11 is 6.84. The Morgan fingerprint density at radius 2 is 1.73 bits per heavy atom. The van der Waals surface area contributed by atoms with Gasteiger partial charge in [0.25, 0.3) is 10.0 Å². The van der Waals surface area contributed by atoms with Crippen LogP contribution in [0.4, 0.5) is 11.5 Å². The molecule has 1 atom stereocenters. The third-order valence-electron chi connectivity index (χ3n) is 5.01. The van der Waals surface area contributed by atoms with Crippen molar-refractivity contribution in [2.45, 2.75) is 22.1 Å². The van der Waals surface area contributed by atoms with E-state index >= 15 is 0 Å². The third-order valence-corrected chi connectivity index (χ3v) is 7.69. The second-order valence-electron chi connectivity index (χ2n) is 7.65. The largest absolute Gasteiger partial charge is 0.325 e. The van der Waals surface area contributed by atoms with Crippen molar-refractivity contribution in [3.8, 4) is 17.3 Å². The normalized spacial score (nSPS) is 11.8. The van der Waals surface area contributed by atoms with Gasteiger partial charge < -0.3 is 5.32 Å². The Hall–Kier alpha value is -3.98. The van der Waals surface area contributed by atoms with Gasteiger partial charge in [-0.1, -0.05) is 53.7 Å². The molecule has 4 aromatic rings. The molecule has 2 N–H and O–H groups in total. The summed E-state index contributed by atoms with van der Waals surface area (Å²) in [5.41, 5.74) is 2.38. The number of thioether (sulfide) groups is 1. The van der Waals surface area contributed by atoms with Gasteiger partial charge in [-0.25, -0.2) is 13.4 Å². The second-order valence-corrected chi connectivity index (χ2v) is 11.0. The van der Waals surface area contributed by atoms with Gasteiger partial charge in [-0.05, 0) is 55.5 Å². The van der Waals surface area contributed by atoms with E-state index in [4.69, 9.17) is 11.6 Å². The molecule has 1 amide bonds. The molecule has 2 aromatic heterocycles. The van der Waals surface area contributed by atoms with Crippen LogP contribution in [0.5, 0.6) is 0 Å². The lowest BCUT2D eigenvalue weighted by Crippen LogP contribution is -2.22. The maximum absolute atomic E-state index is 12.8. The van der Waals surface area contributed by atoms with Crippen molar-refractivity contribution in [2.24, 2.45) is 0 Å². The van der Waals surface area contributed by atoms with Crippen molar-refractivity contribution >= 4 is 50.8 Å². The summed E-state index contributed by atoms with van der Waals surface area (Å²) in [6.07, 6.45) is 0. The number of nitrogens with one attached hydrogen (secondary N) is 2. The molecule has 2 heterocycles. The first-order valence-electron chi connectivity index (χ1n) is 10.8. The van der Waals surface area contributed by atoms with Gasteiger partial charge in [-0.3, -0.25) is 9.52 Å². The Balaban J connectivity index is 1.43. The highest BCUT2D eigenvalue weighted by Gasteiger charge is 2.20. The maximum atomic E-state index is 12.8. The molecule has 37 heavy (non-hydrogen) atoms. The summed E-state index contributed by atoms with van der Waals surface area (Å²) in [6.45, 7) is 1.70. The van der Waals surface area contributed by atoms with Gasteiger partial charge in [0.15, 0.2) is 11.0 Å². The Morgan fingerprint density at radius 1 is 1.00 bits per heavy atom. The van der Waals surface area contributed by atoms with E-state index < -0.39 is 15.3 Å². The number of nitriles is 1. The summed E-state index contributed by atoms with van der Waals surface area (Å²) in [4.78, 5) is 17.4. The van der Waals surface area contributed by atoms with Crippen LogP contribution in [0, 0.1) is 11.3 Å². The summed E-state index contributed by atoms with van der Waals surface area (Å²) in [5.74, 6) is -0.305. The second kappa shape index (κ2) is 11.4. The van der Waals surface area contributed by atoms with Crippen LogP contribution >= 0.6 is 23.4 Å². The van der Waals surface area contributed by atoms with Gasteiger partial charge in [0.2, 0.25) is 5.91 Å². The molecule has 4 rings (SSSR count). The zero-order valence-corrected chi connectivity index (χ0v) is 21.7. The Bertz CT molecular complexity index is 1560. The van der Waals surface area contributed by atoms with Crippen LogP contribution in [0.3, 0.4) is 0 Å². The lowest BCUT2D eigenvalue weighted by molar-refractivity contribution is -0.115. The minimum absolute atomic E-state index is 0.0225. The van der Waals surface area contributed by atoms with E-state index in [9.17, 15) is 18.5 Å². The van der Waals surface area contributed by atoms with E-state index in [0.717, 1.165) is 5.56 Å². The molecular formula is C25H19ClN6O3S2. The topological polar surface area (TPSA) is 138 Å². The van der Waals surface area contributed by atoms with Crippen LogP contribution in [0.2, 0.25) is 5.15 Å². The first kappa shape index (κ1) is 26.1. The molecule has 0 spiro atoms. The van der Waals surface area contributed by atoms with E-state index in [1.54, 1.807) is 19.1 Å². The van der Waals surface area contributed by atoms with Crippen molar-refractivity contribution in [3.05, 3.63) is 89.6 Å². The van der Waals surface area contributed by atoms with Crippen molar-refractivity contribution in [1.29, 1.82) is 5.26 Å². The van der Waals surface area contributed by atoms with Gasteiger partial charge in [-0.2, -0.15) is 5.26 Å². The van der Waals surface area contributed by atoms with Crippen molar-refractivity contribution < 1.29 is 13.2 Å².